The summed E-state index contributed by atoms with van der Waals surface area (Å²) in [4.78, 5) is 1.68. The van der Waals surface area contributed by atoms with Crippen molar-refractivity contribution in [3.8, 4) is 0 Å². The Balaban J connectivity index is 2.23. The van der Waals surface area contributed by atoms with Gasteiger partial charge < -0.3 is 25.2 Å². The van der Waals surface area contributed by atoms with E-state index in [0.717, 1.165) is 11.3 Å². The third-order valence-corrected chi connectivity index (χ3v) is 3.17. The summed E-state index contributed by atoms with van der Waals surface area (Å²) in [5, 5.41) is 22.6. The van der Waals surface area contributed by atoms with Crippen LogP contribution in [0.25, 0.3) is 0 Å². The molecular formula is C12H18N2O3. The molecule has 2 rings (SSSR count). The minimum absolute atomic E-state index is 0.401. The van der Waals surface area contributed by atoms with Crippen LogP contribution in [0.3, 0.4) is 0 Å². The Morgan fingerprint density at radius 3 is 2.53 bits per heavy atom. The minimum Gasteiger partial charge on any atom is -0.388 e. The van der Waals surface area contributed by atoms with Gasteiger partial charge in [-0.25, -0.2) is 0 Å². The lowest BCUT2D eigenvalue weighted by atomic mass is 10.1. The number of aliphatic hydroxyl groups is 2. The van der Waals surface area contributed by atoms with E-state index in [-0.39, 0.29) is 0 Å². The number of aliphatic hydroxyl groups excluding tert-OH is 2. The summed E-state index contributed by atoms with van der Waals surface area (Å²) in [6.07, 6.45) is -1.06. The Morgan fingerprint density at radius 1 is 1.35 bits per heavy atom. The van der Waals surface area contributed by atoms with Crippen molar-refractivity contribution in [1.82, 2.24) is 10.2 Å². The van der Waals surface area contributed by atoms with Crippen molar-refractivity contribution in [3.63, 3.8) is 0 Å². The van der Waals surface area contributed by atoms with Gasteiger partial charge in [-0.3, -0.25) is 0 Å². The predicted molar refractivity (Wildman–Crippen MR) is 63.4 cm³/mol. The van der Waals surface area contributed by atoms with Crippen molar-refractivity contribution in [3.05, 3.63) is 36.4 Å². The highest BCUT2D eigenvalue weighted by atomic mass is 16.6. The fourth-order valence-corrected chi connectivity index (χ4v) is 1.99. The molecule has 0 saturated carbocycles. The van der Waals surface area contributed by atoms with Crippen LogP contribution in [0.4, 0.5) is 0 Å². The smallest absolute Gasteiger partial charge is 0.164 e. The second-order valence-corrected chi connectivity index (χ2v) is 4.48. The van der Waals surface area contributed by atoms with Gasteiger partial charge in [-0.15, -0.1) is 0 Å². The molecule has 0 aromatic carbocycles. The number of nitrogens with zero attached hydrogens (tertiary/aromatic N) is 1. The van der Waals surface area contributed by atoms with Crippen molar-refractivity contribution in [2.75, 3.05) is 0 Å². The summed E-state index contributed by atoms with van der Waals surface area (Å²) < 4.78 is 5.53. The molecule has 5 heteroatoms. The topological polar surface area (TPSA) is 65.0 Å². The first-order chi connectivity index (χ1) is 7.91. The molecule has 1 saturated heterocycles. The SMILES string of the molecule is C=C1NC(=C)N(C2OC(C)C(O)C2O)C=C1C. The van der Waals surface area contributed by atoms with Crippen molar-refractivity contribution in [1.29, 1.82) is 0 Å². The lowest BCUT2D eigenvalue weighted by Crippen LogP contribution is -2.45. The third kappa shape index (κ3) is 1.97. The zero-order valence-electron chi connectivity index (χ0n) is 10.1. The molecule has 1 fully saturated rings. The van der Waals surface area contributed by atoms with Gasteiger partial charge >= 0.3 is 0 Å². The van der Waals surface area contributed by atoms with E-state index in [2.05, 4.69) is 18.5 Å². The Kier molecular flexibility index (Phi) is 2.99. The quantitative estimate of drug-likeness (QED) is 0.611. The first-order valence-corrected chi connectivity index (χ1v) is 5.55. The highest BCUT2D eigenvalue weighted by Crippen LogP contribution is 2.28. The van der Waals surface area contributed by atoms with Crippen LogP contribution in [0.1, 0.15) is 13.8 Å². The zero-order valence-corrected chi connectivity index (χ0v) is 10.1. The molecule has 2 heterocycles. The second-order valence-electron chi connectivity index (χ2n) is 4.48. The van der Waals surface area contributed by atoms with Crippen molar-refractivity contribution < 1.29 is 14.9 Å². The van der Waals surface area contributed by atoms with E-state index in [9.17, 15) is 10.2 Å². The van der Waals surface area contributed by atoms with E-state index in [4.69, 9.17) is 4.74 Å². The third-order valence-electron chi connectivity index (χ3n) is 3.17. The largest absolute Gasteiger partial charge is 0.388 e. The van der Waals surface area contributed by atoms with Gasteiger partial charge in [0.15, 0.2) is 6.23 Å². The molecule has 2 aliphatic heterocycles. The van der Waals surface area contributed by atoms with Crippen LogP contribution >= 0.6 is 0 Å². The number of ether oxygens (including phenoxy) is 1. The summed E-state index contributed by atoms with van der Waals surface area (Å²) in [7, 11) is 0. The standard InChI is InChI=1S/C12H18N2O3/c1-6-5-14(9(4)13-7(6)2)12-11(16)10(15)8(3)17-12/h5,8,10-13,15-16H,2,4H2,1,3H3. The average Bonchev–Trinajstić information content (AvgIpc) is 2.51. The molecule has 0 aromatic heterocycles. The van der Waals surface area contributed by atoms with Gasteiger partial charge in [0, 0.05) is 11.9 Å². The molecule has 0 aliphatic carbocycles. The Morgan fingerprint density at radius 2 is 2.00 bits per heavy atom. The molecule has 2 aliphatic rings. The van der Waals surface area contributed by atoms with Crippen LogP contribution in [0.5, 0.6) is 0 Å². The van der Waals surface area contributed by atoms with E-state index in [0.29, 0.717) is 5.82 Å². The predicted octanol–water partition coefficient (Wildman–Crippen LogP) is 0.247. The maximum absolute atomic E-state index is 9.91. The molecule has 94 valence electrons. The molecule has 0 spiro atoms. The average molecular weight is 238 g/mol. The maximum atomic E-state index is 9.91. The number of nitrogens with one attached hydrogen (secondary N) is 1. The van der Waals surface area contributed by atoms with E-state index in [1.54, 1.807) is 18.0 Å². The zero-order chi connectivity index (χ0) is 12.7. The van der Waals surface area contributed by atoms with Gasteiger partial charge in [0.1, 0.15) is 18.0 Å². The Hall–Kier alpha value is -1.30. The first kappa shape index (κ1) is 12.2. The second kappa shape index (κ2) is 4.18. The Labute approximate surface area is 101 Å². The molecule has 3 N–H and O–H groups in total. The van der Waals surface area contributed by atoms with Crippen LogP contribution in [-0.4, -0.2) is 39.7 Å². The number of rotatable bonds is 1. The summed E-state index contributed by atoms with van der Waals surface area (Å²) >= 11 is 0. The summed E-state index contributed by atoms with van der Waals surface area (Å²) in [5.41, 5.74) is 1.70. The van der Waals surface area contributed by atoms with E-state index in [1.165, 1.54) is 0 Å². The normalized spacial score (nSPS) is 38.1. The van der Waals surface area contributed by atoms with Gasteiger partial charge in [-0.05, 0) is 19.4 Å². The van der Waals surface area contributed by atoms with Crippen LogP contribution in [0, 0.1) is 0 Å². The molecule has 0 bridgehead atoms. The van der Waals surface area contributed by atoms with E-state index in [1.807, 2.05) is 6.92 Å². The van der Waals surface area contributed by atoms with E-state index >= 15 is 0 Å². The van der Waals surface area contributed by atoms with Gasteiger partial charge in [-0.2, -0.15) is 0 Å². The van der Waals surface area contributed by atoms with Crippen LogP contribution < -0.4 is 5.32 Å². The number of hydrogen-bond donors (Lipinski definition) is 3. The van der Waals surface area contributed by atoms with Crippen molar-refractivity contribution in [2.45, 2.75) is 38.4 Å². The summed E-state index contributed by atoms with van der Waals surface area (Å²) in [5.74, 6) is 0.575. The number of hydrogen-bond acceptors (Lipinski definition) is 5. The fourth-order valence-electron chi connectivity index (χ4n) is 1.99. The van der Waals surface area contributed by atoms with Crippen LogP contribution in [0.15, 0.2) is 36.4 Å². The molecule has 0 aromatic rings. The van der Waals surface area contributed by atoms with Crippen molar-refractivity contribution in [2.24, 2.45) is 0 Å². The lowest BCUT2D eigenvalue weighted by molar-refractivity contribution is -0.0559. The minimum atomic E-state index is -0.959. The molecule has 0 amide bonds. The summed E-state index contributed by atoms with van der Waals surface area (Å²) in [6, 6.07) is 0. The molecular weight excluding hydrogens is 220 g/mol. The van der Waals surface area contributed by atoms with Gasteiger partial charge in [0.2, 0.25) is 0 Å². The maximum Gasteiger partial charge on any atom is 0.164 e. The number of allylic oxidation sites excluding steroid dienone is 1. The molecule has 5 nitrogen and oxygen atoms in total. The monoisotopic (exact) mass is 238 g/mol. The lowest BCUT2D eigenvalue weighted by Gasteiger charge is -2.35. The first-order valence-electron chi connectivity index (χ1n) is 5.55. The molecule has 4 unspecified atom stereocenters. The molecule has 0 radical (unpaired) electrons. The summed E-state index contributed by atoms with van der Waals surface area (Å²) in [6.45, 7) is 11.3. The Bertz CT molecular complexity index is 391. The van der Waals surface area contributed by atoms with Crippen LogP contribution in [-0.2, 0) is 4.74 Å². The van der Waals surface area contributed by atoms with Gasteiger partial charge in [0.25, 0.3) is 0 Å². The molecule has 4 atom stereocenters. The van der Waals surface area contributed by atoms with Gasteiger partial charge in [-0.1, -0.05) is 13.2 Å². The van der Waals surface area contributed by atoms with Crippen LogP contribution in [0.2, 0.25) is 0 Å². The van der Waals surface area contributed by atoms with Crippen molar-refractivity contribution >= 4 is 0 Å². The van der Waals surface area contributed by atoms with Gasteiger partial charge in [0.05, 0.1) is 6.10 Å². The molecule has 17 heavy (non-hydrogen) atoms. The van der Waals surface area contributed by atoms with E-state index < -0.39 is 24.5 Å². The highest BCUT2D eigenvalue weighted by molar-refractivity contribution is 5.32. The fraction of sp³-hybridized carbons (Fsp3) is 0.500. The highest BCUT2D eigenvalue weighted by Gasteiger charge is 2.44.